The summed E-state index contributed by atoms with van der Waals surface area (Å²) >= 11 is 0. The Kier molecular flexibility index (Phi) is 4.40. The highest BCUT2D eigenvalue weighted by molar-refractivity contribution is 6.12. The molecule has 29 heavy (non-hydrogen) atoms. The maximum absolute atomic E-state index is 12.8. The number of hydrogen-bond acceptors (Lipinski definition) is 4. The fourth-order valence-electron chi connectivity index (χ4n) is 3.80. The highest BCUT2D eigenvalue weighted by atomic mass is 19.4. The van der Waals surface area contributed by atoms with Crippen LogP contribution in [-0.2, 0) is 11.0 Å². The lowest BCUT2D eigenvalue weighted by atomic mass is 9.96. The first-order chi connectivity index (χ1) is 13.2. The molecule has 1 aromatic carbocycles. The predicted molar refractivity (Wildman–Crippen MR) is 93.5 cm³/mol. The van der Waals surface area contributed by atoms with E-state index in [4.69, 9.17) is 0 Å². The first-order valence-electron chi connectivity index (χ1n) is 8.62. The van der Waals surface area contributed by atoms with Gasteiger partial charge in [0.1, 0.15) is 0 Å². The van der Waals surface area contributed by atoms with Crippen LogP contribution in [0, 0.1) is 0 Å². The third kappa shape index (κ3) is 2.75. The monoisotopic (exact) mass is 412 g/mol. The van der Waals surface area contributed by atoms with E-state index in [2.05, 4.69) is 5.32 Å². The summed E-state index contributed by atoms with van der Waals surface area (Å²) in [6.45, 7) is 3.10. The normalized spacial score (nSPS) is 26.7. The number of amides is 5. The molecule has 2 fully saturated rings. The fraction of sp³-hybridized carbons (Fsp3) is 0.444. The molecule has 0 saturated carbocycles. The lowest BCUT2D eigenvalue weighted by Gasteiger charge is -2.40. The van der Waals surface area contributed by atoms with Gasteiger partial charge in [-0.3, -0.25) is 9.59 Å². The lowest BCUT2D eigenvalue weighted by Crippen LogP contribution is -2.64. The number of fused-ring (bicyclic) bond motifs is 1. The Hall–Kier alpha value is -3.11. The number of nitrogens with one attached hydrogen (secondary N) is 1. The van der Waals surface area contributed by atoms with Crippen LogP contribution in [0.25, 0.3) is 0 Å². The van der Waals surface area contributed by atoms with Crippen molar-refractivity contribution in [2.75, 3.05) is 14.1 Å². The maximum Gasteiger partial charge on any atom is 0.416 e. The molecular formula is C18H19F3N4O4. The Labute approximate surface area is 164 Å². The Morgan fingerprint density at radius 2 is 1.59 bits per heavy atom. The second-order valence-electron chi connectivity index (χ2n) is 7.33. The molecule has 0 aromatic heterocycles. The predicted octanol–water partition coefficient (Wildman–Crippen LogP) is 2.26. The van der Waals surface area contributed by atoms with Crippen LogP contribution in [0.1, 0.15) is 36.2 Å². The number of carbonyl (C=O) groups excluding carboxylic acids is 4. The molecule has 2 aliphatic rings. The number of benzene rings is 1. The van der Waals surface area contributed by atoms with E-state index >= 15 is 0 Å². The molecule has 2 heterocycles. The van der Waals surface area contributed by atoms with Crippen LogP contribution >= 0.6 is 0 Å². The van der Waals surface area contributed by atoms with Crippen molar-refractivity contribution >= 4 is 23.8 Å². The number of nitrogens with zero attached hydrogens (tertiary/aromatic N) is 3. The lowest BCUT2D eigenvalue weighted by molar-refractivity contribution is -0.137. The van der Waals surface area contributed by atoms with Crippen molar-refractivity contribution in [3.05, 3.63) is 35.4 Å². The molecule has 2 saturated heterocycles. The van der Waals surface area contributed by atoms with Gasteiger partial charge in [-0.05, 0) is 26.0 Å². The van der Waals surface area contributed by atoms with E-state index in [1.165, 1.54) is 30.8 Å². The number of likely N-dealkylation sites (N-methyl/N-ethyl adjacent to an activating group) is 2. The Bertz CT molecular complexity index is 917. The van der Waals surface area contributed by atoms with E-state index in [9.17, 15) is 32.3 Å². The average Bonchev–Trinajstić information content (AvgIpc) is 2.90. The van der Waals surface area contributed by atoms with Gasteiger partial charge in [-0.25, -0.2) is 14.5 Å². The van der Waals surface area contributed by atoms with Crippen molar-refractivity contribution in [2.24, 2.45) is 0 Å². The van der Waals surface area contributed by atoms with Crippen LogP contribution in [0.15, 0.2) is 24.3 Å². The highest BCUT2D eigenvalue weighted by Gasteiger charge is 2.70. The Morgan fingerprint density at radius 1 is 1.03 bits per heavy atom. The molecule has 11 heteroatoms. The Morgan fingerprint density at radius 3 is 2.10 bits per heavy atom. The Balaban J connectivity index is 1.84. The molecule has 3 rings (SSSR count). The minimum absolute atomic E-state index is 0.0909. The number of carbonyl (C=O) groups is 4. The second-order valence-corrected chi connectivity index (χ2v) is 7.33. The number of halogens is 3. The van der Waals surface area contributed by atoms with Crippen LogP contribution in [0.2, 0.25) is 0 Å². The molecule has 0 aliphatic carbocycles. The quantitative estimate of drug-likeness (QED) is 0.609. The van der Waals surface area contributed by atoms with Gasteiger partial charge in [0.25, 0.3) is 0 Å². The number of ketones is 1. The SMILES string of the molecule is CN1C(=O)N[C@]2(C)N(C(=O)CC(=O)c3ccc(C(F)(F)F)cc3)C(=O)N(C)[C@]12C. The third-order valence-electron chi connectivity index (χ3n) is 5.90. The summed E-state index contributed by atoms with van der Waals surface area (Å²) in [7, 11) is 2.91. The zero-order chi connectivity index (χ0) is 21.9. The number of Topliss-reactive ketones (excluding diaryl/α,β-unsaturated/α-hetero) is 1. The van der Waals surface area contributed by atoms with Crippen molar-refractivity contribution in [1.82, 2.24) is 20.0 Å². The second kappa shape index (κ2) is 6.19. The summed E-state index contributed by atoms with van der Waals surface area (Å²) in [5.41, 5.74) is -3.63. The number of alkyl halides is 3. The van der Waals surface area contributed by atoms with Gasteiger partial charge >= 0.3 is 18.2 Å². The van der Waals surface area contributed by atoms with Gasteiger partial charge in [-0.1, -0.05) is 12.1 Å². The zero-order valence-electron chi connectivity index (χ0n) is 16.1. The van der Waals surface area contributed by atoms with Gasteiger partial charge < -0.3 is 15.1 Å². The molecule has 0 bridgehead atoms. The van der Waals surface area contributed by atoms with E-state index in [-0.39, 0.29) is 5.56 Å². The first-order valence-corrected chi connectivity index (χ1v) is 8.62. The fourth-order valence-corrected chi connectivity index (χ4v) is 3.80. The van der Waals surface area contributed by atoms with Crippen molar-refractivity contribution in [3.63, 3.8) is 0 Å². The smallest absolute Gasteiger partial charge is 0.311 e. The van der Waals surface area contributed by atoms with Gasteiger partial charge in [-0.15, -0.1) is 0 Å². The molecule has 8 nitrogen and oxygen atoms in total. The average molecular weight is 412 g/mol. The molecule has 5 amide bonds. The summed E-state index contributed by atoms with van der Waals surface area (Å²) in [6, 6.07) is 2.25. The van der Waals surface area contributed by atoms with Crippen LogP contribution in [0.4, 0.5) is 22.8 Å². The van der Waals surface area contributed by atoms with Gasteiger partial charge in [0.05, 0.1) is 12.0 Å². The van der Waals surface area contributed by atoms with Crippen LogP contribution < -0.4 is 5.32 Å². The van der Waals surface area contributed by atoms with Gasteiger partial charge in [0, 0.05) is 19.7 Å². The van der Waals surface area contributed by atoms with Crippen molar-refractivity contribution in [1.29, 1.82) is 0 Å². The van der Waals surface area contributed by atoms with Crippen LogP contribution in [0.3, 0.4) is 0 Å². The van der Waals surface area contributed by atoms with E-state index in [0.29, 0.717) is 0 Å². The zero-order valence-corrected chi connectivity index (χ0v) is 16.1. The molecule has 0 spiro atoms. The molecule has 1 N–H and O–H groups in total. The van der Waals surface area contributed by atoms with E-state index < -0.39 is 53.2 Å². The summed E-state index contributed by atoms with van der Waals surface area (Å²) in [4.78, 5) is 53.4. The summed E-state index contributed by atoms with van der Waals surface area (Å²) in [5, 5.41) is 2.60. The molecule has 156 valence electrons. The maximum atomic E-state index is 12.8. The van der Waals surface area contributed by atoms with Crippen molar-refractivity contribution in [3.8, 4) is 0 Å². The van der Waals surface area contributed by atoms with Crippen LogP contribution in [-0.4, -0.2) is 63.9 Å². The topological polar surface area (TPSA) is 90.0 Å². The molecule has 2 aliphatic heterocycles. The number of hydrogen-bond donors (Lipinski definition) is 1. The summed E-state index contributed by atoms with van der Waals surface area (Å²) in [5.74, 6) is -1.61. The number of rotatable bonds is 3. The highest BCUT2D eigenvalue weighted by Crippen LogP contribution is 2.44. The first kappa shape index (κ1) is 20.6. The molecule has 0 unspecified atom stereocenters. The molecule has 2 atom stereocenters. The number of imide groups is 1. The number of urea groups is 2. The van der Waals surface area contributed by atoms with Crippen LogP contribution in [0.5, 0.6) is 0 Å². The largest absolute Gasteiger partial charge is 0.416 e. The summed E-state index contributed by atoms with van der Waals surface area (Å²) < 4.78 is 38.0. The third-order valence-corrected chi connectivity index (χ3v) is 5.90. The molecule has 0 radical (unpaired) electrons. The van der Waals surface area contributed by atoms with Gasteiger partial charge in [0.15, 0.2) is 17.1 Å². The molecule has 1 aromatic rings. The van der Waals surface area contributed by atoms with Crippen molar-refractivity contribution < 1.29 is 32.3 Å². The van der Waals surface area contributed by atoms with Crippen molar-refractivity contribution in [2.45, 2.75) is 37.8 Å². The summed E-state index contributed by atoms with van der Waals surface area (Å²) in [6.07, 6.45) is -5.29. The van der Waals surface area contributed by atoms with E-state index in [1.807, 2.05) is 0 Å². The minimum atomic E-state index is -4.55. The standard InChI is InChI=1S/C18H19F3N4O4/c1-16-17(2,23(3)14(28)22-16)24(4)15(29)25(16)13(27)9-12(26)10-5-7-11(8-6-10)18(19,20)21/h5-8H,9H2,1-4H3,(H,22,28)/t16-,17+/m1/s1. The van der Waals surface area contributed by atoms with E-state index in [1.54, 1.807) is 6.92 Å². The van der Waals surface area contributed by atoms with Gasteiger partial charge in [0.2, 0.25) is 5.91 Å². The van der Waals surface area contributed by atoms with E-state index in [0.717, 1.165) is 29.2 Å². The minimum Gasteiger partial charge on any atom is -0.311 e. The molecular weight excluding hydrogens is 393 g/mol. The van der Waals surface area contributed by atoms with Gasteiger partial charge in [-0.2, -0.15) is 13.2 Å².